The Hall–Kier alpha value is -3.71. The van der Waals surface area contributed by atoms with Crippen LogP contribution < -0.4 is 25.6 Å². The number of nitrogens with zero attached hydrogens (tertiary/aromatic N) is 2. The highest BCUT2D eigenvalue weighted by atomic mass is 16.7. The summed E-state index contributed by atoms with van der Waals surface area (Å²) >= 11 is 0. The van der Waals surface area contributed by atoms with Crippen molar-refractivity contribution in [2.45, 2.75) is 78.3 Å². The second-order valence-corrected chi connectivity index (χ2v) is 15.1. The Morgan fingerprint density at radius 1 is 1.12 bits per heavy atom. The maximum atomic E-state index is 14.2. The molecule has 8 atom stereocenters. The molecule has 6 rings (SSSR count). The number of para-hydroxylation sites is 1. The second-order valence-electron chi connectivity index (χ2n) is 15.1. The number of carbonyl (C=O) groups excluding carboxylic acids is 3. The molecule has 12 nitrogen and oxygen atoms in total. The molecule has 0 spiro atoms. The first-order valence-corrected chi connectivity index (χ1v) is 17.7. The fraction of sp³-hybridized carbons (Fsp3) is 0.605. The van der Waals surface area contributed by atoms with Crippen LogP contribution in [0, 0.1) is 29.1 Å². The summed E-state index contributed by atoms with van der Waals surface area (Å²) in [6.07, 6.45) is 0.443. The highest BCUT2D eigenvalue weighted by Crippen LogP contribution is 2.61. The number of rotatable bonds is 13. The monoisotopic (exact) mass is 693 g/mol. The van der Waals surface area contributed by atoms with E-state index in [9.17, 15) is 24.6 Å². The van der Waals surface area contributed by atoms with Gasteiger partial charge in [0.15, 0.2) is 0 Å². The highest BCUT2D eigenvalue weighted by molar-refractivity contribution is 5.97. The molecule has 4 aliphatic rings. The summed E-state index contributed by atoms with van der Waals surface area (Å²) < 4.78 is 6.00. The van der Waals surface area contributed by atoms with Crippen molar-refractivity contribution in [1.82, 2.24) is 21.0 Å². The van der Waals surface area contributed by atoms with Gasteiger partial charge in [-0.05, 0) is 66.7 Å². The summed E-state index contributed by atoms with van der Waals surface area (Å²) in [5.74, 6) is 0.682. The van der Waals surface area contributed by atoms with Gasteiger partial charge in [0.25, 0.3) is 5.91 Å². The molecule has 3 saturated carbocycles. The first-order valence-electron chi connectivity index (χ1n) is 17.7. The Kier molecular flexibility index (Phi) is 11.5. The smallest absolute Gasteiger partial charge is 0.251 e. The number of benzene rings is 2. The number of anilines is 1. The summed E-state index contributed by atoms with van der Waals surface area (Å²) in [5, 5.41) is 31.6. The fourth-order valence-corrected chi connectivity index (χ4v) is 8.50. The molecule has 50 heavy (non-hydrogen) atoms. The van der Waals surface area contributed by atoms with Gasteiger partial charge < -0.3 is 35.8 Å². The van der Waals surface area contributed by atoms with Gasteiger partial charge in [0.05, 0.1) is 26.4 Å². The number of methoxy groups -OCH3 is 1. The van der Waals surface area contributed by atoms with Crippen molar-refractivity contribution in [2.75, 3.05) is 45.8 Å². The molecule has 2 bridgehead atoms. The van der Waals surface area contributed by atoms with Crippen LogP contribution in [0.1, 0.15) is 63.4 Å². The maximum Gasteiger partial charge on any atom is 0.251 e. The maximum absolute atomic E-state index is 14.2. The van der Waals surface area contributed by atoms with E-state index in [-0.39, 0.29) is 48.9 Å². The summed E-state index contributed by atoms with van der Waals surface area (Å²) in [7, 11) is 5.37. The average Bonchev–Trinajstić information content (AvgIpc) is 3.45. The summed E-state index contributed by atoms with van der Waals surface area (Å²) in [4.78, 5) is 46.7. The number of hydrogen-bond donors (Lipinski definition) is 5. The van der Waals surface area contributed by atoms with Crippen molar-refractivity contribution in [3.8, 4) is 16.9 Å². The van der Waals surface area contributed by atoms with Gasteiger partial charge in [-0.3, -0.25) is 19.2 Å². The van der Waals surface area contributed by atoms with Crippen molar-refractivity contribution >= 4 is 23.4 Å². The molecule has 5 N–H and O–H groups in total. The first kappa shape index (κ1) is 37.5. The predicted octanol–water partition coefficient (Wildman–Crippen LogP) is 2.95. The summed E-state index contributed by atoms with van der Waals surface area (Å²) in [6.45, 7) is 10.3. The number of aliphatic hydroxyl groups excluding tert-OH is 2. The van der Waals surface area contributed by atoms with Gasteiger partial charge in [-0.25, -0.2) is 0 Å². The molecule has 12 heteroatoms. The lowest BCUT2D eigenvalue weighted by Gasteiger charge is -2.62. The molecule has 3 amide bonds. The molecule has 0 unspecified atom stereocenters. The molecular weight excluding hydrogens is 638 g/mol. The number of nitrogens with one attached hydrogen (secondary N) is 3. The Morgan fingerprint density at radius 3 is 2.44 bits per heavy atom. The molecular formula is C38H55N5O7. The van der Waals surface area contributed by atoms with Crippen LogP contribution >= 0.6 is 0 Å². The van der Waals surface area contributed by atoms with Crippen molar-refractivity contribution in [1.29, 1.82) is 0 Å². The average molecular weight is 694 g/mol. The first-order chi connectivity index (χ1) is 23.7. The van der Waals surface area contributed by atoms with Crippen LogP contribution in [0.4, 0.5) is 5.69 Å². The van der Waals surface area contributed by atoms with E-state index < -0.39 is 24.2 Å². The number of aliphatic hydroxyl groups is 2. The van der Waals surface area contributed by atoms with Crippen LogP contribution in [0.5, 0.6) is 5.75 Å². The van der Waals surface area contributed by atoms with Gasteiger partial charge in [-0.15, -0.1) is 0 Å². The van der Waals surface area contributed by atoms with Crippen molar-refractivity contribution in [2.24, 2.45) is 29.1 Å². The molecule has 274 valence electrons. The lowest BCUT2D eigenvalue weighted by molar-refractivity contribution is -0.183. The molecule has 2 aromatic carbocycles. The molecule has 1 saturated heterocycles. The number of carbonyl (C=O) groups is 3. The van der Waals surface area contributed by atoms with Crippen molar-refractivity contribution in [3.63, 3.8) is 0 Å². The van der Waals surface area contributed by atoms with Crippen LogP contribution in [0.2, 0.25) is 0 Å². The Labute approximate surface area is 295 Å². The fourth-order valence-electron chi connectivity index (χ4n) is 8.50. The third kappa shape index (κ3) is 7.49. The Balaban J connectivity index is 1.43. The standard InChI is InChI=1S/C38H55N5O7/c1-21-30-17-27(38(30,4)5)18-31(21)41-37(48)34-33(22(2)45)32(20-44)50-43(34)19-24-10-9-11-29(35(24)49-8)25-14-26(16-28(15-25)42(6)7)36(47)40-13-12-39-23(3)46/h9-11,14-16,21-22,27,30-34,44-45H,12-13,17-20H2,1-8H3,(H,39,46)(H,40,47)(H,41,48)/t21-,22-,27+,30-,31-,32-,33+,34-/m0/s1. The van der Waals surface area contributed by atoms with Crippen molar-refractivity contribution in [3.05, 3.63) is 47.5 Å². The van der Waals surface area contributed by atoms with E-state index in [0.717, 1.165) is 28.8 Å². The zero-order chi connectivity index (χ0) is 36.5. The minimum atomic E-state index is -0.908. The highest BCUT2D eigenvalue weighted by Gasteiger charge is 2.57. The van der Waals surface area contributed by atoms with Gasteiger partial charge in [0, 0.05) is 68.4 Å². The minimum Gasteiger partial charge on any atom is -0.496 e. The third-order valence-electron chi connectivity index (χ3n) is 11.5. The summed E-state index contributed by atoms with van der Waals surface area (Å²) in [5.41, 5.74) is 3.76. The van der Waals surface area contributed by atoms with Gasteiger partial charge in [0.1, 0.15) is 17.9 Å². The molecule has 0 radical (unpaired) electrons. The third-order valence-corrected chi connectivity index (χ3v) is 11.5. The van der Waals surface area contributed by atoms with E-state index in [4.69, 9.17) is 9.57 Å². The number of amides is 3. The number of hydroxylamine groups is 2. The van der Waals surface area contributed by atoms with Gasteiger partial charge in [-0.2, -0.15) is 5.06 Å². The lowest BCUT2D eigenvalue weighted by Crippen LogP contribution is -2.62. The zero-order valence-corrected chi connectivity index (χ0v) is 30.7. The van der Waals surface area contributed by atoms with Gasteiger partial charge in [-0.1, -0.05) is 39.0 Å². The van der Waals surface area contributed by atoms with Gasteiger partial charge in [0.2, 0.25) is 11.8 Å². The number of fused-ring (bicyclic) bond motifs is 2. The predicted molar refractivity (Wildman–Crippen MR) is 191 cm³/mol. The minimum absolute atomic E-state index is 0.0302. The van der Waals surface area contributed by atoms with E-state index in [2.05, 4.69) is 36.7 Å². The molecule has 1 aliphatic heterocycles. The lowest BCUT2D eigenvalue weighted by atomic mass is 9.45. The van der Waals surface area contributed by atoms with E-state index in [1.807, 2.05) is 43.3 Å². The summed E-state index contributed by atoms with van der Waals surface area (Å²) in [6, 6.07) is 10.5. The number of ether oxygens (including phenoxy) is 1. The van der Waals surface area contributed by atoms with Crippen LogP contribution in [-0.2, 0) is 21.0 Å². The topological polar surface area (TPSA) is 153 Å². The van der Waals surface area contributed by atoms with Crippen LogP contribution in [0.25, 0.3) is 11.1 Å². The molecule has 1 heterocycles. The SMILES string of the molecule is COc1c(CN2O[C@@H](CO)[C@@H]([C@H](C)O)[C@H]2C(=O)N[C@H]2C[C@H]3C[C@@H]([C@@H]2C)C3(C)C)cccc1-c1cc(C(=O)NCCNC(C)=O)cc(N(C)C)c1. The largest absolute Gasteiger partial charge is 0.496 e. The zero-order valence-electron chi connectivity index (χ0n) is 30.7. The van der Waals surface area contributed by atoms with Crippen LogP contribution in [-0.4, -0.2) is 98.2 Å². The quantitative estimate of drug-likeness (QED) is 0.200. The van der Waals surface area contributed by atoms with E-state index in [0.29, 0.717) is 35.6 Å². The van der Waals surface area contributed by atoms with E-state index in [1.165, 1.54) is 13.3 Å². The normalized spacial score (nSPS) is 27.5. The Bertz CT molecular complexity index is 1560. The van der Waals surface area contributed by atoms with Gasteiger partial charge >= 0.3 is 0 Å². The van der Waals surface area contributed by atoms with Crippen molar-refractivity contribution < 1.29 is 34.2 Å². The van der Waals surface area contributed by atoms with Crippen LogP contribution in [0.3, 0.4) is 0 Å². The molecule has 4 fully saturated rings. The van der Waals surface area contributed by atoms with E-state index >= 15 is 0 Å². The molecule has 2 aromatic rings. The molecule has 3 aliphatic carbocycles. The van der Waals surface area contributed by atoms with Crippen LogP contribution in [0.15, 0.2) is 36.4 Å². The molecule has 0 aromatic heterocycles. The Morgan fingerprint density at radius 2 is 1.84 bits per heavy atom. The second kappa shape index (κ2) is 15.3. The number of hydrogen-bond acceptors (Lipinski definition) is 9. The van der Waals surface area contributed by atoms with E-state index in [1.54, 1.807) is 31.2 Å².